The second kappa shape index (κ2) is 15.7. The first-order valence-corrected chi connectivity index (χ1v) is 14.3. The molecule has 0 unspecified atom stereocenters. The molecule has 10 nitrogen and oxygen atoms in total. The van der Waals surface area contributed by atoms with Gasteiger partial charge in [-0.05, 0) is 67.6 Å². The molecule has 10 heteroatoms. The maximum Gasteiger partial charge on any atom is 0.256 e. The molecule has 2 amide bonds. The third-order valence-electron chi connectivity index (χ3n) is 6.28. The second-order valence-corrected chi connectivity index (χ2v) is 9.87. The molecule has 2 N–H and O–H groups in total. The predicted octanol–water partition coefficient (Wildman–Crippen LogP) is 7.33. The summed E-state index contributed by atoms with van der Waals surface area (Å²) < 4.78 is 11.3. The minimum atomic E-state index is -0.231. The van der Waals surface area contributed by atoms with Gasteiger partial charge in [0.2, 0.25) is 0 Å². The van der Waals surface area contributed by atoms with Crippen LogP contribution in [0, 0.1) is 19.3 Å². The molecule has 47 heavy (non-hydrogen) atoms. The highest BCUT2D eigenvalue weighted by molar-refractivity contribution is 6.05. The van der Waals surface area contributed by atoms with E-state index in [0.29, 0.717) is 51.2 Å². The number of hydrogen-bond donors (Lipinski definition) is 2. The number of aryl methyl sites for hydroxylation is 1. The van der Waals surface area contributed by atoms with Crippen LogP contribution in [0.1, 0.15) is 31.8 Å². The molecule has 0 spiro atoms. The second-order valence-electron chi connectivity index (χ2n) is 9.87. The van der Waals surface area contributed by atoms with E-state index in [0.717, 1.165) is 5.56 Å². The van der Waals surface area contributed by atoms with E-state index in [9.17, 15) is 9.59 Å². The molecule has 3 aromatic heterocycles. The fourth-order valence-electron chi connectivity index (χ4n) is 4.13. The van der Waals surface area contributed by atoms with Crippen LogP contribution in [0.5, 0.6) is 23.0 Å². The number of rotatable bonds is 8. The summed E-state index contributed by atoms with van der Waals surface area (Å²) in [5.74, 6) is 4.76. The largest absolute Gasteiger partial charge is 0.456 e. The SMILES string of the molecule is C#Cc1cccc(C(=O)Nc2cccc(Oc3cccnc3)c2)c1.Cc1cccc(C(=O)Nc2cc(Oc3cncnc3)ccn2)c1. The number of carbonyl (C=O) groups excluding carboxylic acids is 2. The zero-order valence-corrected chi connectivity index (χ0v) is 25.2. The van der Waals surface area contributed by atoms with Gasteiger partial charge in [-0.2, -0.15) is 0 Å². The Morgan fingerprint density at radius 3 is 2.11 bits per heavy atom. The van der Waals surface area contributed by atoms with Gasteiger partial charge >= 0.3 is 0 Å². The number of aromatic nitrogens is 4. The van der Waals surface area contributed by atoms with E-state index in [4.69, 9.17) is 15.9 Å². The summed E-state index contributed by atoms with van der Waals surface area (Å²) in [6.45, 7) is 1.94. The topological polar surface area (TPSA) is 128 Å². The number of ether oxygens (including phenoxy) is 2. The van der Waals surface area contributed by atoms with E-state index in [1.54, 1.807) is 97.7 Å². The summed E-state index contributed by atoms with van der Waals surface area (Å²) in [5, 5.41) is 5.58. The Balaban J connectivity index is 0.000000185. The van der Waals surface area contributed by atoms with Gasteiger partial charge in [-0.15, -0.1) is 6.42 Å². The fourth-order valence-corrected chi connectivity index (χ4v) is 4.13. The van der Waals surface area contributed by atoms with E-state index in [1.165, 1.54) is 6.33 Å². The lowest BCUT2D eigenvalue weighted by Crippen LogP contribution is -2.12. The van der Waals surface area contributed by atoms with Crippen molar-refractivity contribution in [1.82, 2.24) is 19.9 Å². The number of anilines is 2. The van der Waals surface area contributed by atoms with Gasteiger partial charge in [0.1, 0.15) is 29.4 Å². The molecule has 0 saturated heterocycles. The van der Waals surface area contributed by atoms with Gasteiger partial charge < -0.3 is 20.1 Å². The quantitative estimate of drug-likeness (QED) is 0.169. The number of benzene rings is 3. The molecule has 0 aliphatic rings. The molecule has 3 aromatic carbocycles. The van der Waals surface area contributed by atoms with E-state index < -0.39 is 0 Å². The summed E-state index contributed by atoms with van der Waals surface area (Å²) in [5.41, 5.74) is 3.40. The smallest absolute Gasteiger partial charge is 0.256 e. The summed E-state index contributed by atoms with van der Waals surface area (Å²) in [7, 11) is 0. The minimum Gasteiger partial charge on any atom is -0.456 e. The lowest BCUT2D eigenvalue weighted by atomic mass is 10.1. The van der Waals surface area contributed by atoms with Gasteiger partial charge in [0, 0.05) is 46.9 Å². The first kappa shape index (κ1) is 31.6. The average Bonchev–Trinajstić information content (AvgIpc) is 3.10. The maximum atomic E-state index is 12.3. The van der Waals surface area contributed by atoms with Crippen molar-refractivity contribution in [1.29, 1.82) is 0 Å². The molecule has 0 aliphatic carbocycles. The van der Waals surface area contributed by atoms with Crippen molar-refractivity contribution in [2.45, 2.75) is 6.92 Å². The predicted molar refractivity (Wildman–Crippen MR) is 179 cm³/mol. The summed E-state index contributed by atoms with van der Waals surface area (Å²) in [4.78, 5) is 40.4. The van der Waals surface area contributed by atoms with Crippen LogP contribution in [0.3, 0.4) is 0 Å². The number of terminal acetylenes is 1. The van der Waals surface area contributed by atoms with Gasteiger partial charge in [-0.3, -0.25) is 14.6 Å². The monoisotopic (exact) mass is 620 g/mol. The van der Waals surface area contributed by atoms with Crippen molar-refractivity contribution >= 4 is 23.3 Å². The van der Waals surface area contributed by atoms with Crippen LogP contribution in [0.15, 0.2) is 134 Å². The van der Waals surface area contributed by atoms with Gasteiger partial charge in [0.15, 0.2) is 5.75 Å². The Bertz CT molecular complexity index is 2010. The normalized spacial score (nSPS) is 9.96. The van der Waals surface area contributed by atoms with E-state index in [-0.39, 0.29) is 11.8 Å². The van der Waals surface area contributed by atoms with Crippen molar-refractivity contribution in [3.63, 3.8) is 0 Å². The molecule has 0 radical (unpaired) electrons. The Kier molecular flexibility index (Phi) is 10.6. The molecule has 0 aliphatic heterocycles. The Hall–Kier alpha value is -6.86. The van der Waals surface area contributed by atoms with Crippen molar-refractivity contribution < 1.29 is 19.1 Å². The van der Waals surface area contributed by atoms with E-state index in [2.05, 4.69) is 36.5 Å². The van der Waals surface area contributed by atoms with Crippen LogP contribution in [0.2, 0.25) is 0 Å². The van der Waals surface area contributed by atoms with Crippen molar-refractivity contribution in [2.24, 2.45) is 0 Å². The Morgan fingerprint density at radius 1 is 0.660 bits per heavy atom. The number of nitrogens with zero attached hydrogens (tertiary/aromatic N) is 4. The van der Waals surface area contributed by atoms with Crippen LogP contribution in [0.4, 0.5) is 11.5 Å². The molecular formula is C37H28N6O4. The molecule has 0 fully saturated rings. The molecule has 0 saturated carbocycles. The van der Waals surface area contributed by atoms with Gasteiger partial charge in [-0.25, -0.2) is 15.0 Å². The highest BCUT2D eigenvalue weighted by Crippen LogP contribution is 2.24. The van der Waals surface area contributed by atoms with E-state index >= 15 is 0 Å². The zero-order chi connectivity index (χ0) is 32.8. The Morgan fingerprint density at radius 2 is 1.34 bits per heavy atom. The molecular weight excluding hydrogens is 592 g/mol. The number of carbonyl (C=O) groups is 2. The molecule has 3 heterocycles. The van der Waals surface area contributed by atoms with Crippen LogP contribution >= 0.6 is 0 Å². The molecule has 6 aromatic rings. The van der Waals surface area contributed by atoms with Crippen LogP contribution in [0.25, 0.3) is 0 Å². The first-order valence-electron chi connectivity index (χ1n) is 14.3. The lowest BCUT2D eigenvalue weighted by molar-refractivity contribution is 0.101. The highest BCUT2D eigenvalue weighted by Gasteiger charge is 2.09. The van der Waals surface area contributed by atoms with Gasteiger partial charge in [-0.1, -0.05) is 35.7 Å². The maximum absolute atomic E-state index is 12.3. The number of amides is 2. The molecule has 230 valence electrons. The van der Waals surface area contributed by atoms with Crippen molar-refractivity contribution in [3.05, 3.63) is 157 Å². The third-order valence-corrected chi connectivity index (χ3v) is 6.28. The number of hydrogen-bond acceptors (Lipinski definition) is 8. The summed E-state index contributed by atoms with van der Waals surface area (Å²) >= 11 is 0. The summed E-state index contributed by atoms with van der Waals surface area (Å²) in [6.07, 6.45) is 14.7. The molecule has 6 rings (SSSR count). The van der Waals surface area contributed by atoms with Crippen molar-refractivity contribution in [2.75, 3.05) is 10.6 Å². The van der Waals surface area contributed by atoms with Gasteiger partial charge in [0.05, 0.1) is 18.6 Å². The number of pyridine rings is 2. The van der Waals surface area contributed by atoms with Crippen molar-refractivity contribution in [3.8, 4) is 35.3 Å². The van der Waals surface area contributed by atoms with Crippen LogP contribution in [-0.4, -0.2) is 31.8 Å². The van der Waals surface area contributed by atoms with Crippen LogP contribution < -0.4 is 20.1 Å². The van der Waals surface area contributed by atoms with Gasteiger partial charge in [0.25, 0.3) is 11.8 Å². The Labute approximate surface area is 271 Å². The third kappa shape index (κ3) is 9.56. The van der Waals surface area contributed by atoms with E-state index in [1.807, 2.05) is 37.3 Å². The average molecular weight is 621 g/mol. The minimum absolute atomic E-state index is 0.221. The fraction of sp³-hybridized carbons (Fsp3) is 0.0270. The zero-order valence-electron chi connectivity index (χ0n) is 25.2. The summed E-state index contributed by atoms with van der Waals surface area (Å²) in [6, 6.07) is 28.3. The number of nitrogens with one attached hydrogen (secondary N) is 2. The molecule has 0 bridgehead atoms. The standard InChI is InChI=1S/C20H14N2O2.C17H14N4O2/c1-2-15-6-3-7-16(12-15)20(23)22-17-8-4-9-18(13-17)24-19-10-5-11-21-14-19;1-12-3-2-4-13(7-12)17(22)21-16-8-14(5-6-20-16)23-15-9-18-11-19-10-15/h1,3-14H,(H,22,23);2-11H,1H3,(H,20,21,22). The van der Waals surface area contributed by atoms with Crippen LogP contribution in [-0.2, 0) is 0 Å². The molecule has 0 atom stereocenters. The first-order chi connectivity index (χ1) is 22.9. The lowest BCUT2D eigenvalue weighted by Gasteiger charge is -2.09. The highest BCUT2D eigenvalue weighted by atomic mass is 16.5.